The number of hydrogen-bond donors (Lipinski definition) is 1. The first-order valence-corrected chi connectivity index (χ1v) is 5.22. The van der Waals surface area contributed by atoms with Crippen molar-refractivity contribution in [2.24, 2.45) is 0 Å². The average molecular weight is 246 g/mol. The SMILES string of the molecule is O=C1OC(CNCCn2ccnn2)CC1(F)F. The predicted molar refractivity (Wildman–Crippen MR) is 52.3 cm³/mol. The topological polar surface area (TPSA) is 69.0 Å². The van der Waals surface area contributed by atoms with Crippen molar-refractivity contribution in [3.63, 3.8) is 0 Å². The van der Waals surface area contributed by atoms with E-state index in [4.69, 9.17) is 0 Å². The smallest absolute Gasteiger partial charge is 0.377 e. The summed E-state index contributed by atoms with van der Waals surface area (Å²) >= 11 is 0. The van der Waals surface area contributed by atoms with Crippen molar-refractivity contribution in [2.45, 2.75) is 25.0 Å². The lowest BCUT2D eigenvalue weighted by molar-refractivity contribution is -0.159. The van der Waals surface area contributed by atoms with Crippen LogP contribution in [0.15, 0.2) is 12.4 Å². The van der Waals surface area contributed by atoms with Crippen LogP contribution < -0.4 is 5.32 Å². The molecule has 0 spiro atoms. The monoisotopic (exact) mass is 246 g/mol. The normalized spacial score (nSPS) is 22.7. The zero-order valence-corrected chi connectivity index (χ0v) is 8.97. The molecule has 0 saturated carbocycles. The van der Waals surface area contributed by atoms with Gasteiger partial charge >= 0.3 is 11.9 Å². The van der Waals surface area contributed by atoms with Gasteiger partial charge in [-0.05, 0) is 0 Å². The molecule has 1 aliphatic rings. The largest absolute Gasteiger partial charge is 0.456 e. The first-order valence-electron chi connectivity index (χ1n) is 5.22. The Bertz CT molecular complexity index is 382. The van der Waals surface area contributed by atoms with Crippen LogP contribution in [0.5, 0.6) is 0 Å². The molecule has 1 atom stereocenters. The summed E-state index contributed by atoms with van der Waals surface area (Å²) in [6, 6.07) is 0. The maximum atomic E-state index is 12.8. The minimum atomic E-state index is -3.34. The van der Waals surface area contributed by atoms with E-state index >= 15 is 0 Å². The molecule has 1 unspecified atom stereocenters. The highest BCUT2D eigenvalue weighted by Gasteiger charge is 2.50. The summed E-state index contributed by atoms with van der Waals surface area (Å²) in [7, 11) is 0. The Morgan fingerprint density at radius 3 is 3.06 bits per heavy atom. The van der Waals surface area contributed by atoms with Crippen LogP contribution in [0.3, 0.4) is 0 Å². The molecule has 1 aromatic rings. The number of cyclic esters (lactones) is 1. The Hall–Kier alpha value is -1.57. The Morgan fingerprint density at radius 2 is 2.47 bits per heavy atom. The van der Waals surface area contributed by atoms with Crippen LogP contribution in [-0.4, -0.2) is 46.1 Å². The lowest BCUT2D eigenvalue weighted by Gasteiger charge is -2.09. The number of rotatable bonds is 5. The van der Waals surface area contributed by atoms with Crippen LogP contribution >= 0.6 is 0 Å². The van der Waals surface area contributed by atoms with E-state index in [1.807, 2.05) is 0 Å². The van der Waals surface area contributed by atoms with Crippen LogP contribution in [0.25, 0.3) is 0 Å². The van der Waals surface area contributed by atoms with Crippen molar-refractivity contribution in [2.75, 3.05) is 13.1 Å². The summed E-state index contributed by atoms with van der Waals surface area (Å²) in [5, 5.41) is 10.3. The van der Waals surface area contributed by atoms with E-state index in [1.165, 1.54) is 0 Å². The second kappa shape index (κ2) is 4.74. The molecule has 1 saturated heterocycles. The fraction of sp³-hybridized carbons (Fsp3) is 0.667. The van der Waals surface area contributed by atoms with Gasteiger partial charge in [0.05, 0.1) is 19.2 Å². The summed E-state index contributed by atoms with van der Waals surface area (Å²) < 4.78 is 31.7. The standard InChI is InChI=1S/C9H12F2N4O2/c10-9(11)5-7(17-8(9)16)6-12-1-3-15-4-2-13-14-15/h2,4,7,12H,1,3,5-6H2. The molecule has 0 aromatic carbocycles. The predicted octanol–water partition coefficient (Wildman–Crippen LogP) is -0.182. The van der Waals surface area contributed by atoms with Crippen molar-refractivity contribution in [1.29, 1.82) is 0 Å². The van der Waals surface area contributed by atoms with E-state index in [1.54, 1.807) is 17.1 Å². The van der Waals surface area contributed by atoms with Gasteiger partial charge < -0.3 is 10.1 Å². The highest BCUT2D eigenvalue weighted by molar-refractivity contribution is 5.79. The molecular formula is C9H12F2N4O2. The first kappa shape index (κ1) is 11.9. The van der Waals surface area contributed by atoms with Gasteiger partial charge in [-0.15, -0.1) is 5.10 Å². The highest BCUT2D eigenvalue weighted by atomic mass is 19.3. The number of halogens is 2. The summed E-state index contributed by atoms with van der Waals surface area (Å²) in [5.41, 5.74) is 0. The third-order valence-electron chi connectivity index (χ3n) is 2.42. The Labute approximate surface area is 95.9 Å². The lowest BCUT2D eigenvalue weighted by atomic mass is 10.2. The molecule has 6 nitrogen and oxygen atoms in total. The van der Waals surface area contributed by atoms with E-state index in [0.717, 1.165) is 0 Å². The van der Waals surface area contributed by atoms with E-state index in [0.29, 0.717) is 13.1 Å². The van der Waals surface area contributed by atoms with Gasteiger partial charge in [0, 0.05) is 19.3 Å². The second-order valence-electron chi connectivity index (χ2n) is 3.81. The molecular weight excluding hydrogens is 234 g/mol. The molecule has 0 radical (unpaired) electrons. The molecule has 1 aromatic heterocycles. The number of carbonyl (C=O) groups is 1. The van der Waals surface area contributed by atoms with Crippen LogP contribution in [0.2, 0.25) is 0 Å². The van der Waals surface area contributed by atoms with Gasteiger partial charge in [-0.25, -0.2) is 4.79 Å². The van der Waals surface area contributed by atoms with E-state index < -0.39 is 24.4 Å². The van der Waals surface area contributed by atoms with Crippen molar-refractivity contribution in [1.82, 2.24) is 20.3 Å². The molecule has 94 valence electrons. The maximum absolute atomic E-state index is 12.8. The highest BCUT2D eigenvalue weighted by Crippen LogP contribution is 2.30. The Morgan fingerprint density at radius 1 is 1.65 bits per heavy atom. The van der Waals surface area contributed by atoms with Gasteiger partial charge in [-0.1, -0.05) is 5.21 Å². The Kier molecular flexibility index (Phi) is 3.32. The quantitative estimate of drug-likeness (QED) is 0.576. The average Bonchev–Trinajstić information content (AvgIpc) is 2.83. The van der Waals surface area contributed by atoms with Gasteiger partial charge in [0.15, 0.2) is 0 Å². The fourth-order valence-electron chi connectivity index (χ4n) is 1.57. The third kappa shape index (κ3) is 2.96. The Balaban J connectivity index is 1.65. The molecule has 0 amide bonds. The molecule has 1 N–H and O–H groups in total. The van der Waals surface area contributed by atoms with Crippen molar-refractivity contribution in [3.8, 4) is 0 Å². The number of nitrogens with zero attached hydrogens (tertiary/aromatic N) is 3. The minimum absolute atomic E-state index is 0.218. The first-order chi connectivity index (χ1) is 8.08. The van der Waals surface area contributed by atoms with Crippen LogP contribution in [0, 0.1) is 0 Å². The lowest BCUT2D eigenvalue weighted by Crippen LogP contribution is -2.29. The number of aromatic nitrogens is 3. The summed E-state index contributed by atoms with van der Waals surface area (Å²) in [6.45, 7) is 1.34. The van der Waals surface area contributed by atoms with Gasteiger partial charge in [-0.3, -0.25) is 4.68 Å². The third-order valence-corrected chi connectivity index (χ3v) is 2.42. The van der Waals surface area contributed by atoms with Crippen LogP contribution in [0.1, 0.15) is 6.42 Å². The van der Waals surface area contributed by atoms with Gasteiger partial charge in [0.25, 0.3) is 0 Å². The molecule has 0 bridgehead atoms. The summed E-state index contributed by atoms with van der Waals surface area (Å²) in [5.74, 6) is -4.77. The van der Waals surface area contributed by atoms with Gasteiger partial charge in [0.1, 0.15) is 6.10 Å². The number of hydrogen-bond acceptors (Lipinski definition) is 5. The van der Waals surface area contributed by atoms with Crippen LogP contribution in [-0.2, 0) is 16.1 Å². The van der Waals surface area contributed by atoms with Gasteiger partial charge in [-0.2, -0.15) is 8.78 Å². The van der Waals surface area contributed by atoms with Crippen LogP contribution in [0.4, 0.5) is 8.78 Å². The molecule has 1 aliphatic heterocycles. The molecule has 8 heteroatoms. The number of ether oxygens (including phenoxy) is 1. The molecule has 0 aliphatic carbocycles. The molecule has 2 heterocycles. The van der Waals surface area contributed by atoms with Crippen molar-refractivity contribution < 1.29 is 18.3 Å². The summed E-state index contributed by atoms with van der Waals surface area (Å²) in [6.07, 6.45) is 1.95. The zero-order chi connectivity index (χ0) is 12.3. The van der Waals surface area contributed by atoms with Crippen molar-refractivity contribution in [3.05, 3.63) is 12.4 Å². The molecule has 1 fully saturated rings. The number of alkyl halides is 2. The summed E-state index contributed by atoms with van der Waals surface area (Å²) in [4.78, 5) is 10.7. The number of nitrogens with one attached hydrogen (secondary N) is 1. The van der Waals surface area contributed by atoms with E-state index in [9.17, 15) is 13.6 Å². The van der Waals surface area contributed by atoms with Gasteiger partial charge in [0.2, 0.25) is 0 Å². The van der Waals surface area contributed by atoms with Crippen molar-refractivity contribution >= 4 is 5.97 Å². The number of esters is 1. The minimum Gasteiger partial charge on any atom is -0.456 e. The maximum Gasteiger partial charge on any atom is 0.377 e. The molecule has 17 heavy (non-hydrogen) atoms. The number of carbonyl (C=O) groups excluding carboxylic acids is 1. The van der Waals surface area contributed by atoms with E-state index in [2.05, 4.69) is 20.4 Å². The second-order valence-corrected chi connectivity index (χ2v) is 3.81. The van der Waals surface area contributed by atoms with E-state index in [-0.39, 0.29) is 6.54 Å². The zero-order valence-electron chi connectivity index (χ0n) is 8.97. The molecule has 2 rings (SSSR count). The fourth-order valence-corrected chi connectivity index (χ4v) is 1.57.